The summed E-state index contributed by atoms with van der Waals surface area (Å²) < 4.78 is 12.7. The second kappa shape index (κ2) is 5.34. The van der Waals surface area contributed by atoms with Gasteiger partial charge in [0.05, 0.1) is 17.4 Å². The van der Waals surface area contributed by atoms with Crippen LogP contribution in [0.15, 0.2) is 36.5 Å². The number of nitrogens with one attached hydrogen (secondary N) is 1. The molecule has 6 heteroatoms. The molecule has 1 aromatic carbocycles. The zero-order chi connectivity index (χ0) is 13.8. The van der Waals surface area contributed by atoms with Crippen LogP contribution < -0.4 is 16.8 Å². The first kappa shape index (κ1) is 12.8. The molecule has 0 saturated carbocycles. The van der Waals surface area contributed by atoms with Crippen LogP contribution in [0.5, 0.6) is 0 Å². The first-order valence-electron chi connectivity index (χ1n) is 5.60. The highest BCUT2D eigenvalue weighted by Crippen LogP contribution is 2.15. The number of nitrogens with zero attached hydrogens (tertiary/aromatic N) is 1. The largest absolute Gasteiger partial charge is 0.397 e. The predicted molar refractivity (Wildman–Crippen MR) is 70.9 cm³/mol. The van der Waals surface area contributed by atoms with Gasteiger partial charge in [-0.1, -0.05) is 12.1 Å². The smallest absolute Gasteiger partial charge is 0.250 e. The summed E-state index contributed by atoms with van der Waals surface area (Å²) in [5.74, 6) is -0.414. The summed E-state index contributed by atoms with van der Waals surface area (Å²) in [4.78, 5) is 15.2. The van der Waals surface area contributed by atoms with Crippen LogP contribution in [0.3, 0.4) is 0 Å². The molecule has 1 heterocycles. The number of benzene rings is 1. The predicted octanol–water partition coefficient (Wildman–Crippen LogP) is 1.51. The van der Waals surface area contributed by atoms with Crippen molar-refractivity contribution in [1.82, 2.24) is 4.98 Å². The molecule has 2 rings (SSSR count). The molecule has 0 aliphatic rings. The van der Waals surface area contributed by atoms with E-state index in [-0.39, 0.29) is 17.1 Å². The lowest BCUT2D eigenvalue weighted by Crippen LogP contribution is -2.14. The normalized spacial score (nSPS) is 10.2. The van der Waals surface area contributed by atoms with E-state index in [0.717, 1.165) is 5.56 Å². The van der Waals surface area contributed by atoms with E-state index in [1.54, 1.807) is 12.1 Å². The zero-order valence-corrected chi connectivity index (χ0v) is 10.1. The molecule has 0 unspecified atom stereocenters. The molecule has 0 spiro atoms. The van der Waals surface area contributed by atoms with Crippen molar-refractivity contribution in [3.8, 4) is 0 Å². The molecule has 0 saturated heterocycles. The minimum absolute atomic E-state index is 0.219. The summed E-state index contributed by atoms with van der Waals surface area (Å²) in [6.07, 6.45) is 1.37. The average molecular weight is 260 g/mol. The molecule has 0 radical (unpaired) electrons. The van der Waals surface area contributed by atoms with E-state index in [1.807, 2.05) is 0 Å². The molecule has 0 aliphatic heterocycles. The number of carbonyl (C=O) groups excluding carboxylic acids is 1. The third kappa shape index (κ3) is 3.19. The van der Waals surface area contributed by atoms with Gasteiger partial charge in [0.1, 0.15) is 11.6 Å². The van der Waals surface area contributed by atoms with Crippen molar-refractivity contribution in [2.24, 2.45) is 5.73 Å². The van der Waals surface area contributed by atoms with Crippen LogP contribution in [-0.2, 0) is 6.54 Å². The molecule has 1 amide bonds. The van der Waals surface area contributed by atoms with Gasteiger partial charge in [0.15, 0.2) is 0 Å². The minimum atomic E-state index is -0.607. The Bertz CT molecular complexity index is 598. The highest BCUT2D eigenvalue weighted by Gasteiger charge is 2.07. The number of hydrogen-bond acceptors (Lipinski definition) is 4. The Morgan fingerprint density at radius 2 is 2.00 bits per heavy atom. The minimum Gasteiger partial charge on any atom is -0.397 e. The van der Waals surface area contributed by atoms with Crippen molar-refractivity contribution < 1.29 is 9.18 Å². The van der Waals surface area contributed by atoms with Crippen molar-refractivity contribution in [3.63, 3.8) is 0 Å². The lowest BCUT2D eigenvalue weighted by molar-refractivity contribution is 0.100. The third-order valence-corrected chi connectivity index (χ3v) is 2.59. The van der Waals surface area contributed by atoms with Crippen molar-refractivity contribution in [2.45, 2.75) is 6.54 Å². The molecule has 0 bridgehead atoms. The number of carbonyl (C=O) groups is 1. The number of halogens is 1. The van der Waals surface area contributed by atoms with Crippen LogP contribution >= 0.6 is 0 Å². The first-order chi connectivity index (χ1) is 9.06. The maximum Gasteiger partial charge on any atom is 0.250 e. The highest BCUT2D eigenvalue weighted by molar-refractivity contribution is 5.98. The van der Waals surface area contributed by atoms with Gasteiger partial charge in [-0.25, -0.2) is 9.37 Å². The Hall–Kier alpha value is -2.63. The Kier molecular flexibility index (Phi) is 3.61. The maximum atomic E-state index is 12.7. The molecular formula is C13H13FN4O. The van der Waals surface area contributed by atoms with Crippen LogP contribution in [0.4, 0.5) is 15.9 Å². The second-order valence-electron chi connectivity index (χ2n) is 4.00. The Morgan fingerprint density at radius 1 is 1.32 bits per heavy atom. The van der Waals surface area contributed by atoms with E-state index in [4.69, 9.17) is 11.5 Å². The van der Waals surface area contributed by atoms with Crippen LogP contribution in [-0.4, -0.2) is 10.9 Å². The topological polar surface area (TPSA) is 94.0 Å². The van der Waals surface area contributed by atoms with Gasteiger partial charge in [-0.2, -0.15) is 0 Å². The molecule has 1 aromatic heterocycles. The van der Waals surface area contributed by atoms with Crippen LogP contribution in [0, 0.1) is 5.82 Å². The monoisotopic (exact) mass is 260 g/mol. The summed E-state index contributed by atoms with van der Waals surface area (Å²) in [7, 11) is 0. The number of anilines is 2. The summed E-state index contributed by atoms with van der Waals surface area (Å²) in [5.41, 5.74) is 12.1. The molecule has 0 atom stereocenters. The fraction of sp³-hybridized carbons (Fsp3) is 0.0769. The summed E-state index contributed by atoms with van der Waals surface area (Å²) >= 11 is 0. The highest BCUT2D eigenvalue weighted by atomic mass is 19.1. The van der Waals surface area contributed by atoms with Crippen LogP contribution in [0.2, 0.25) is 0 Å². The number of nitrogens with two attached hydrogens (primary N) is 2. The van der Waals surface area contributed by atoms with Gasteiger partial charge in [0.2, 0.25) is 0 Å². The Morgan fingerprint density at radius 3 is 2.63 bits per heavy atom. The number of hydrogen-bond donors (Lipinski definition) is 3. The quantitative estimate of drug-likeness (QED) is 0.776. The molecule has 98 valence electrons. The van der Waals surface area contributed by atoms with E-state index >= 15 is 0 Å². The third-order valence-electron chi connectivity index (χ3n) is 2.59. The molecule has 0 aliphatic carbocycles. The maximum absolute atomic E-state index is 12.7. The van der Waals surface area contributed by atoms with Crippen molar-refractivity contribution in [2.75, 3.05) is 11.1 Å². The Labute approximate surface area is 109 Å². The first-order valence-corrected chi connectivity index (χ1v) is 5.60. The fourth-order valence-corrected chi connectivity index (χ4v) is 1.57. The number of aromatic nitrogens is 1. The lowest BCUT2D eigenvalue weighted by Gasteiger charge is -2.08. The molecule has 0 fully saturated rings. The Balaban J connectivity index is 2.09. The van der Waals surface area contributed by atoms with E-state index < -0.39 is 5.91 Å². The van der Waals surface area contributed by atoms with E-state index in [2.05, 4.69) is 10.3 Å². The SMILES string of the molecule is NC(=O)c1cc(NCc2ccc(F)cc2)ncc1N. The standard InChI is InChI=1S/C13H13FN4O/c14-9-3-1-8(2-4-9)6-17-12-5-10(13(16)19)11(15)7-18-12/h1-5,7H,6,15H2,(H2,16,19)(H,17,18). The van der Waals surface area contributed by atoms with Gasteiger partial charge in [-0.15, -0.1) is 0 Å². The number of pyridine rings is 1. The van der Waals surface area contributed by atoms with Gasteiger partial charge in [0.25, 0.3) is 5.91 Å². The summed E-state index contributed by atoms with van der Waals surface area (Å²) in [5, 5.41) is 3.01. The number of nitrogen functional groups attached to an aromatic ring is 1. The van der Waals surface area contributed by atoms with Crippen LogP contribution in [0.25, 0.3) is 0 Å². The van der Waals surface area contributed by atoms with Crippen molar-refractivity contribution >= 4 is 17.4 Å². The van der Waals surface area contributed by atoms with Gasteiger partial charge >= 0.3 is 0 Å². The zero-order valence-electron chi connectivity index (χ0n) is 10.1. The lowest BCUT2D eigenvalue weighted by atomic mass is 10.2. The number of primary amides is 1. The molecular weight excluding hydrogens is 247 g/mol. The van der Waals surface area contributed by atoms with Crippen molar-refractivity contribution in [1.29, 1.82) is 0 Å². The molecule has 2 aromatic rings. The van der Waals surface area contributed by atoms with Gasteiger partial charge in [-0.05, 0) is 23.8 Å². The van der Waals surface area contributed by atoms with Gasteiger partial charge < -0.3 is 16.8 Å². The molecule has 5 nitrogen and oxygen atoms in total. The van der Waals surface area contributed by atoms with E-state index in [0.29, 0.717) is 12.4 Å². The fourth-order valence-electron chi connectivity index (χ4n) is 1.57. The van der Waals surface area contributed by atoms with E-state index in [1.165, 1.54) is 24.4 Å². The number of amides is 1. The van der Waals surface area contributed by atoms with Gasteiger partial charge in [-0.3, -0.25) is 4.79 Å². The average Bonchev–Trinajstić information content (AvgIpc) is 2.39. The molecule has 19 heavy (non-hydrogen) atoms. The van der Waals surface area contributed by atoms with Gasteiger partial charge in [0, 0.05) is 6.54 Å². The van der Waals surface area contributed by atoms with Crippen molar-refractivity contribution in [3.05, 3.63) is 53.5 Å². The van der Waals surface area contributed by atoms with Crippen LogP contribution in [0.1, 0.15) is 15.9 Å². The number of rotatable bonds is 4. The summed E-state index contributed by atoms with van der Waals surface area (Å²) in [6.45, 7) is 0.454. The second-order valence-corrected chi connectivity index (χ2v) is 4.00. The van der Waals surface area contributed by atoms with E-state index in [9.17, 15) is 9.18 Å². The summed E-state index contributed by atoms with van der Waals surface area (Å²) in [6, 6.07) is 7.56. The molecule has 5 N–H and O–H groups in total.